The number of nitrogens with zero attached hydrogens (tertiary/aromatic N) is 3. The van der Waals surface area contributed by atoms with E-state index in [4.69, 9.17) is 0 Å². The van der Waals surface area contributed by atoms with Crippen LogP contribution in [-0.4, -0.2) is 20.8 Å². The Labute approximate surface area is 85.3 Å². The molecule has 0 radical (unpaired) electrons. The van der Waals surface area contributed by atoms with Gasteiger partial charge in [-0.3, -0.25) is 4.79 Å². The lowest BCUT2D eigenvalue weighted by Gasteiger charge is -2.05. The van der Waals surface area contributed by atoms with Crippen molar-refractivity contribution in [1.82, 2.24) is 15.0 Å². The van der Waals surface area contributed by atoms with Crippen LogP contribution < -0.4 is 0 Å². The molecule has 0 aliphatic carbocycles. The predicted molar refractivity (Wildman–Crippen MR) is 51.3 cm³/mol. The number of hydrogen-bond acceptors (Lipinski definition) is 3. The molecule has 0 spiro atoms. The van der Waals surface area contributed by atoms with Gasteiger partial charge in [0.25, 0.3) is 0 Å². The summed E-state index contributed by atoms with van der Waals surface area (Å²) in [5, 5.41) is 7.38. The van der Waals surface area contributed by atoms with Gasteiger partial charge in [-0.25, -0.2) is 9.07 Å². The summed E-state index contributed by atoms with van der Waals surface area (Å²) < 4.78 is 14.4. The number of aromatic nitrogens is 3. The maximum Gasteiger partial charge on any atom is 0.162 e. The molecule has 0 aliphatic rings. The van der Waals surface area contributed by atoms with E-state index in [-0.39, 0.29) is 5.78 Å². The Hall–Kier alpha value is -2.04. The number of ketones is 1. The average Bonchev–Trinajstić information content (AvgIpc) is 2.70. The monoisotopic (exact) mass is 205 g/mol. The smallest absolute Gasteiger partial charge is 0.162 e. The van der Waals surface area contributed by atoms with Crippen molar-refractivity contribution < 1.29 is 9.18 Å². The molecule has 4 nitrogen and oxygen atoms in total. The third-order valence-corrected chi connectivity index (χ3v) is 2.01. The molecule has 0 aliphatic heterocycles. The van der Waals surface area contributed by atoms with Crippen LogP contribution in [0.3, 0.4) is 0 Å². The van der Waals surface area contributed by atoms with Gasteiger partial charge in [0.2, 0.25) is 0 Å². The minimum atomic E-state index is -0.441. The summed E-state index contributed by atoms with van der Waals surface area (Å²) in [6.07, 6.45) is 3.09. The van der Waals surface area contributed by atoms with Crippen LogP contribution in [-0.2, 0) is 0 Å². The number of halogens is 1. The summed E-state index contributed by atoms with van der Waals surface area (Å²) in [5.41, 5.74) is 0.821. The van der Waals surface area contributed by atoms with E-state index < -0.39 is 5.82 Å². The van der Waals surface area contributed by atoms with E-state index >= 15 is 0 Å². The molecule has 5 heteroatoms. The molecule has 0 N–H and O–H groups in total. The molecule has 0 amide bonds. The highest BCUT2D eigenvalue weighted by molar-refractivity contribution is 5.97. The predicted octanol–water partition coefficient (Wildman–Crippen LogP) is 1.61. The van der Waals surface area contributed by atoms with Gasteiger partial charge >= 0.3 is 0 Å². The molecule has 1 aromatic carbocycles. The molecule has 0 unspecified atom stereocenters. The normalized spacial score (nSPS) is 10.3. The van der Waals surface area contributed by atoms with Crippen molar-refractivity contribution in [3.05, 3.63) is 42.0 Å². The third-order valence-electron chi connectivity index (χ3n) is 2.01. The Morgan fingerprint density at radius 2 is 2.27 bits per heavy atom. The van der Waals surface area contributed by atoms with Crippen LogP contribution in [0.15, 0.2) is 30.6 Å². The van der Waals surface area contributed by atoms with E-state index in [1.54, 1.807) is 6.20 Å². The quantitative estimate of drug-likeness (QED) is 0.700. The summed E-state index contributed by atoms with van der Waals surface area (Å²) in [5.74, 6) is -0.649. The summed E-state index contributed by atoms with van der Waals surface area (Å²) in [6, 6.07) is 3.98. The molecule has 0 bridgehead atoms. The van der Waals surface area contributed by atoms with E-state index in [1.807, 2.05) is 0 Å². The van der Waals surface area contributed by atoms with Crippen LogP contribution >= 0.6 is 0 Å². The zero-order valence-electron chi connectivity index (χ0n) is 8.01. The summed E-state index contributed by atoms with van der Waals surface area (Å²) >= 11 is 0. The second kappa shape index (κ2) is 3.61. The average molecular weight is 205 g/mol. The Kier molecular flexibility index (Phi) is 2.29. The molecule has 0 atom stereocenters. The number of benzene rings is 1. The van der Waals surface area contributed by atoms with Gasteiger partial charge in [-0.05, 0) is 25.1 Å². The first-order chi connectivity index (χ1) is 7.18. The van der Waals surface area contributed by atoms with Gasteiger partial charge in [-0.2, -0.15) is 0 Å². The highest BCUT2D eigenvalue weighted by atomic mass is 19.1. The number of carbonyl (C=O) groups is 1. The maximum atomic E-state index is 13.0. The fraction of sp³-hybridized carbons (Fsp3) is 0.100. The van der Waals surface area contributed by atoms with Gasteiger partial charge in [-0.1, -0.05) is 5.21 Å². The van der Waals surface area contributed by atoms with Crippen molar-refractivity contribution in [2.75, 3.05) is 0 Å². The van der Waals surface area contributed by atoms with Gasteiger partial charge in [0.1, 0.15) is 5.82 Å². The maximum absolute atomic E-state index is 13.0. The molecule has 0 fully saturated rings. The zero-order chi connectivity index (χ0) is 10.8. The van der Waals surface area contributed by atoms with E-state index in [2.05, 4.69) is 10.3 Å². The number of Topliss-reactive ketones (excluding diaryl/α,β-unsaturated/α-hetero) is 1. The van der Waals surface area contributed by atoms with Crippen molar-refractivity contribution in [3.8, 4) is 5.69 Å². The Balaban J connectivity index is 2.61. The molecule has 1 heterocycles. The highest BCUT2D eigenvalue weighted by Gasteiger charge is 2.10. The number of carbonyl (C=O) groups excluding carboxylic acids is 1. The number of rotatable bonds is 2. The van der Waals surface area contributed by atoms with Crippen LogP contribution in [0, 0.1) is 5.82 Å². The lowest BCUT2D eigenvalue weighted by atomic mass is 10.1. The fourth-order valence-electron chi connectivity index (χ4n) is 1.33. The Morgan fingerprint density at radius 1 is 1.47 bits per heavy atom. The Bertz CT molecular complexity index is 493. The lowest BCUT2D eigenvalue weighted by molar-refractivity contribution is 0.101. The zero-order valence-corrected chi connectivity index (χ0v) is 8.01. The standard InChI is InChI=1S/C10H8FN3O/c1-7(15)9-6-8(11)2-3-10(9)14-5-4-12-13-14/h2-6H,1H3. The SMILES string of the molecule is CC(=O)c1cc(F)ccc1-n1ccnn1. The first-order valence-corrected chi connectivity index (χ1v) is 4.35. The molecule has 15 heavy (non-hydrogen) atoms. The minimum absolute atomic E-state index is 0.208. The summed E-state index contributed by atoms with van der Waals surface area (Å²) in [6.45, 7) is 1.38. The number of hydrogen-bond donors (Lipinski definition) is 0. The molecule has 2 aromatic rings. The van der Waals surface area contributed by atoms with Crippen LogP contribution in [0.1, 0.15) is 17.3 Å². The second-order valence-electron chi connectivity index (χ2n) is 3.07. The van der Waals surface area contributed by atoms with E-state index in [0.717, 1.165) is 0 Å². The van der Waals surface area contributed by atoms with E-state index in [9.17, 15) is 9.18 Å². The molecule has 0 saturated carbocycles. The van der Waals surface area contributed by atoms with Crippen molar-refractivity contribution in [1.29, 1.82) is 0 Å². The molecular formula is C10H8FN3O. The molecular weight excluding hydrogens is 197 g/mol. The molecule has 0 saturated heterocycles. The van der Waals surface area contributed by atoms with Crippen LogP contribution in [0.5, 0.6) is 0 Å². The highest BCUT2D eigenvalue weighted by Crippen LogP contribution is 2.15. The summed E-state index contributed by atoms with van der Waals surface area (Å²) in [7, 11) is 0. The molecule has 2 rings (SSSR count). The fourth-order valence-corrected chi connectivity index (χ4v) is 1.33. The van der Waals surface area contributed by atoms with Gasteiger partial charge in [0, 0.05) is 5.56 Å². The first kappa shape index (κ1) is 9.51. The van der Waals surface area contributed by atoms with Crippen LogP contribution in [0.2, 0.25) is 0 Å². The minimum Gasteiger partial charge on any atom is -0.294 e. The van der Waals surface area contributed by atoms with E-state index in [1.165, 1.54) is 36.0 Å². The van der Waals surface area contributed by atoms with Crippen molar-refractivity contribution in [2.24, 2.45) is 0 Å². The summed E-state index contributed by atoms with van der Waals surface area (Å²) in [4.78, 5) is 11.3. The Morgan fingerprint density at radius 3 is 2.87 bits per heavy atom. The van der Waals surface area contributed by atoms with Gasteiger partial charge in [-0.15, -0.1) is 5.10 Å². The van der Waals surface area contributed by atoms with Gasteiger partial charge in [0.05, 0.1) is 18.1 Å². The van der Waals surface area contributed by atoms with Crippen LogP contribution in [0.25, 0.3) is 5.69 Å². The largest absolute Gasteiger partial charge is 0.294 e. The van der Waals surface area contributed by atoms with Crippen molar-refractivity contribution in [3.63, 3.8) is 0 Å². The van der Waals surface area contributed by atoms with Gasteiger partial charge < -0.3 is 0 Å². The van der Waals surface area contributed by atoms with Crippen molar-refractivity contribution in [2.45, 2.75) is 6.92 Å². The molecule has 1 aromatic heterocycles. The molecule has 76 valence electrons. The third kappa shape index (κ3) is 1.76. The first-order valence-electron chi connectivity index (χ1n) is 4.35. The topological polar surface area (TPSA) is 47.8 Å². The lowest BCUT2D eigenvalue weighted by Crippen LogP contribution is -2.04. The second-order valence-corrected chi connectivity index (χ2v) is 3.07. The van der Waals surface area contributed by atoms with E-state index in [0.29, 0.717) is 11.3 Å². The van der Waals surface area contributed by atoms with Gasteiger partial charge in [0.15, 0.2) is 5.78 Å². The van der Waals surface area contributed by atoms with Crippen LogP contribution in [0.4, 0.5) is 4.39 Å². The van der Waals surface area contributed by atoms with Crippen molar-refractivity contribution >= 4 is 5.78 Å².